The van der Waals surface area contributed by atoms with Gasteiger partial charge in [0.25, 0.3) is 5.88 Å². The Bertz CT molecular complexity index is 531. The van der Waals surface area contributed by atoms with E-state index in [9.17, 15) is 0 Å². The molecule has 0 aliphatic carbocycles. The number of hydrogen-bond donors (Lipinski definition) is 1. The Morgan fingerprint density at radius 3 is 2.68 bits per heavy atom. The summed E-state index contributed by atoms with van der Waals surface area (Å²) >= 11 is 0. The van der Waals surface area contributed by atoms with Crippen molar-refractivity contribution >= 4 is 0 Å². The second kappa shape index (κ2) is 5.01. The van der Waals surface area contributed by atoms with Crippen LogP contribution in [0.2, 0.25) is 0 Å². The van der Waals surface area contributed by atoms with E-state index in [0.717, 1.165) is 31.6 Å². The Morgan fingerprint density at radius 1 is 1.21 bits per heavy atom. The maximum Gasteiger partial charge on any atom is 0.254 e. The molecule has 0 amide bonds. The number of ether oxygens (including phenoxy) is 1. The highest BCUT2D eigenvalue weighted by Crippen LogP contribution is 2.24. The second-order valence-corrected chi connectivity index (χ2v) is 5.14. The van der Waals surface area contributed by atoms with Crippen molar-refractivity contribution in [2.75, 3.05) is 13.1 Å². The van der Waals surface area contributed by atoms with Crippen molar-refractivity contribution in [3.8, 4) is 11.6 Å². The van der Waals surface area contributed by atoms with Gasteiger partial charge in [0, 0.05) is 0 Å². The number of nitrogens with zero attached hydrogens (tertiary/aromatic N) is 3. The number of nitrogens with one attached hydrogen (secondary N) is 1. The van der Waals surface area contributed by atoms with Crippen molar-refractivity contribution in [2.45, 2.75) is 25.4 Å². The van der Waals surface area contributed by atoms with Crippen LogP contribution in [0.1, 0.15) is 19.8 Å². The molecule has 1 N–H and O–H groups in total. The highest BCUT2D eigenvalue weighted by molar-refractivity contribution is 5.30. The molecule has 19 heavy (non-hydrogen) atoms. The molecule has 0 saturated carbocycles. The Kier molecular flexibility index (Phi) is 3.21. The van der Waals surface area contributed by atoms with Gasteiger partial charge in [-0.25, -0.2) is 4.68 Å². The molecule has 2 aromatic rings. The molecular formula is C14H18N4O. The lowest BCUT2D eigenvalue weighted by atomic mass is 9.95. The summed E-state index contributed by atoms with van der Waals surface area (Å²) in [6.45, 7) is 4.11. The summed E-state index contributed by atoms with van der Waals surface area (Å²) in [5.74, 6) is 0.591. The Balaban J connectivity index is 1.75. The summed E-state index contributed by atoms with van der Waals surface area (Å²) in [5.41, 5.74) is 0.850. The minimum Gasteiger partial charge on any atom is -0.469 e. The lowest BCUT2D eigenvalue weighted by molar-refractivity contribution is 0.0507. The van der Waals surface area contributed by atoms with E-state index in [4.69, 9.17) is 4.74 Å². The number of piperidine rings is 1. The third kappa shape index (κ3) is 2.76. The van der Waals surface area contributed by atoms with Crippen molar-refractivity contribution < 1.29 is 4.74 Å². The van der Waals surface area contributed by atoms with Crippen molar-refractivity contribution in [3.05, 3.63) is 36.5 Å². The van der Waals surface area contributed by atoms with Crippen LogP contribution >= 0.6 is 0 Å². The first-order chi connectivity index (χ1) is 9.25. The lowest BCUT2D eigenvalue weighted by Gasteiger charge is -2.33. The van der Waals surface area contributed by atoms with Gasteiger partial charge in [-0.2, -0.15) is 0 Å². The first-order valence-electron chi connectivity index (χ1n) is 6.63. The fourth-order valence-electron chi connectivity index (χ4n) is 2.31. The first kappa shape index (κ1) is 12.2. The van der Waals surface area contributed by atoms with Crippen LogP contribution in [0.25, 0.3) is 5.69 Å². The summed E-state index contributed by atoms with van der Waals surface area (Å²) in [6.07, 6.45) is 3.82. The Labute approximate surface area is 112 Å². The quantitative estimate of drug-likeness (QED) is 0.912. The number of benzene rings is 1. The number of aromatic nitrogens is 3. The van der Waals surface area contributed by atoms with Crippen LogP contribution in [0.4, 0.5) is 0 Å². The van der Waals surface area contributed by atoms with E-state index in [1.54, 1.807) is 4.68 Å². The molecule has 1 aliphatic heterocycles. The summed E-state index contributed by atoms with van der Waals surface area (Å²) in [7, 11) is 0. The molecule has 5 nitrogen and oxygen atoms in total. The van der Waals surface area contributed by atoms with Crippen LogP contribution in [0, 0.1) is 0 Å². The minimum atomic E-state index is -0.136. The van der Waals surface area contributed by atoms with Crippen molar-refractivity contribution in [3.63, 3.8) is 0 Å². The molecule has 1 saturated heterocycles. The van der Waals surface area contributed by atoms with E-state index in [1.807, 2.05) is 36.5 Å². The molecule has 1 aliphatic rings. The van der Waals surface area contributed by atoms with Crippen LogP contribution in [-0.4, -0.2) is 33.7 Å². The van der Waals surface area contributed by atoms with E-state index < -0.39 is 0 Å². The molecule has 2 heterocycles. The fraction of sp³-hybridized carbons (Fsp3) is 0.429. The molecule has 100 valence electrons. The molecule has 0 bridgehead atoms. The topological polar surface area (TPSA) is 52.0 Å². The predicted octanol–water partition coefficient (Wildman–Crippen LogP) is 1.79. The van der Waals surface area contributed by atoms with Crippen LogP contribution in [0.5, 0.6) is 5.88 Å². The summed E-state index contributed by atoms with van der Waals surface area (Å²) in [4.78, 5) is 0. The molecule has 1 fully saturated rings. The molecule has 0 radical (unpaired) electrons. The van der Waals surface area contributed by atoms with Gasteiger partial charge in [-0.05, 0) is 45.0 Å². The van der Waals surface area contributed by atoms with Crippen molar-refractivity contribution in [2.24, 2.45) is 0 Å². The normalized spacial score (nSPS) is 18.2. The Hall–Kier alpha value is -1.88. The maximum absolute atomic E-state index is 6.01. The first-order valence-corrected chi connectivity index (χ1v) is 6.63. The molecule has 3 rings (SSSR count). The van der Waals surface area contributed by atoms with E-state index in [2.05, 4.69) is 22.6 Å². The van der Waals surface area contributed by atoms with Crippen molar-refractivity contribution in [1.82, 2.24) is 20.3 Å². The number of rotatable bonds is 3. The average molecular weight is 258 g/mol. The van der Waals surface area contributed by atoms with Gasteiger partial charge in [0.1, 0.15) is 5.60 Å². The average Bonchev–Trinajstić information content (AvgIpc) is 2.88. The standard InChI is InChI=1S/C14H18N4O/c1-14(7-9-15-10-8-14)19-13-11-18(17-16-13)12-5-3-2-4-6-12/h2-6,11,15H,7-10H2,1H3. The number of para-hydroxylation sites is 1. The largest absolute Gasteiger partial charge is 0.469 e. The van der Waals surface area contributed by atoms with E-state index in [-0.39, 0.29) is 5.60 Å². The zero-order chi connectivity index (χ0) is 13.1. The highest BCUT2D eigenvalue weighted by Gasteiger charge is 2.29. The number of hydrogen-bond acceptors (Lipinski definition) is 4. The van der Waals surface area contributed by atoms with E-state index in [0.29, 0.717) is 5.88 Å². The van der Waals surface area contributed by atoms with Gasteiger partial charge in [-0.15, -0.1) is 0 Å². The van der Waals surface area contributed by atoms with Crippen LogP contribution in [-0.2, 0) is 0 Å². The van der Waals surface area contributed by atoms with Gasteiger partial charge in [0.15, 0.2) is 0 Å². The van der Waals surface area contributed by atoms with Gasteiger partial charge >= 0.3 is 0 Å². The molecule has 0 atom stereocenters. The van der Waals surface area contributed by atoms with Crippen LogP contribution in [0.15, 0.2) is 36.5 Å². The molecule has 1 aromatic heterocycles. The minimum absolute atomic E-state index is 0.136. The molecule has 5 heteroatoms. The zero-order valence-electron chi connectivity index (χ0n) is 11.0. The van der Waals surface area contributed by atoms with Crippen LogP contribution < -0.4 is 10.1 Å². The van der Waals surface area contributed by atoms with E-state index >= 15 is 0 Å². The summed E-state index contributed by atoms with van der Waals surface area (Å²) < 4.78 is 7.75. The molecule has 1 aromatic carbocycles. The van der Waals surface area contributed by atoms with Gasteiger partial charge in [-0.3, -0.25) is 0 Å². The Morgan fingerprint density at radius 2 is 1.95 bits per heavy atom. The van der Waals surface area contributed by atoms with Gasteiger partial charge in [0.2, 0.25) is 0 Å². The van der Waals surface area contributed by atoms with Gasteiger partial charge in [-0.1, -0.05) is 28.5 Å². The molecule has 0 spiro atoms. The third-order valence-corrected chi connectivity index (χ3v) is 3.51. The molecular weight excluding hydrogens is 240 g/mol. The maximum atomic E-state index is 6.01. The summed E-state index contributed by atoms with van der Waals surface area (Å²) in [5, 5.41) is 11.5. The monoisotopic (exact) mass is 258 g/mol. The van der Waals surface area contributed by atoms with Crippen molar-refractivity contribution in [1.29, 1.82) is 0 Å². The lowest BCUT2D eigenvalue weighted by Crippen LogP contribution is -2.43. The third-order valence-electron chi connectivity index (χ3n) is 3.51. The smallest absolute Gasteiger partial charge is 0.254 e. The SMILES string of the molecule is CC1(Oc2cn(-c3ccccc3)nn2)CCNCC1. The fourth-order valence-corrected chi connectivity index (χ4v) is 2.31. The second-order valence-electron chi connectivity index (χ2n) is 5.14. The van der Waals surface area contributed by atoms with E-state index in [1.165, 1.54) is 0 Å². The highest BCUT2D eigenvalue weighted by atomic mass is 16.5. The van der Waals surface area contributed by atoms with Gasteiger partial charge < -0.3 is 10.1 Å². The van der Waals surface area contributed by atoms with Crippen LogP contribution in [0.3, 0.4) is 0 Å². The molecule has 0 unspecified atom stereocenters. The zero-order valence-corrected chi connectivity index (χ0v) is 11.0. The van der Waals surface area contributed by atoms with Gasteiger partial charge in [0.05, 0.1) is 11.9 Å². The predicted molar refractivity (Wildman–Crippen MR) is 72.5 cm³/mol. The summed E-state index contributed by atoms with van der Waals surface area (Å²) in [6, 6.07) is 9.92.